The smallest absolute Gasteiger partial charge is 0.383 e. The van der Waals surface area contributed by atoms with Gasteiger partial charge in [-0.1, -0.05) is 0 Å². The van der Waals surface area contributed by atoms with Crippen LogP contribution in [0.1, 0.15) is 35.5 Å². The SMILES string of the molecule is C[C@@H]1CN(N(Cc2ccc(C(F)(F)F)cn2)C(=O)c2ccc3nc(N)c4cnn(C)c4c3c2)C[C@H](C)O1. The zero-order chi connectivity index (χ0) is 26.5. The highest BCUT2D eigenvalue weighted by molar-refractivity contribution is 6.10. The lowest BCUT2D eigenvalue weighted by Crippen LogP contribution is -2.55. The molecular formula is C25H26F3N7O2. The van der Waals surface area contributed by atoms with E-state index in [1.165, 1.54) is 11.1 Å². The minimum Gasteiger partial charge on any atom is -0.383 e. The number of nitrogen functional groups attached to an aromatic ring is 1. The molecule has 1 saturated heterocycles. The molecule has 12 heteroatoms. The molecule has 4 heterocycles. The molecule has 1 aliphatic heterocycles. The van der Waals surface area contributed by atoms with Gasteiger partial charge in [-0.3, -0.25) is 19.5 Å². The fourth-order valence-corrected chi connectivity index (χ4v) is 4.73. The molecule has 1 aliphatic rings. The number of halogens is 3. The number of morpholine rings is 1. The Morgan fingerprint density at radius 1 is 1.14 bits per heavy atom. The van der Waals surface area contributed by atoms with Crippen molar-refractivity contribution < 1.29 is 22.7 Å². The summed E-state index contributed by atoms with van der Waals surface area (Å²) in [5, 5.41) is 9.07. The summed E-state index contributed by atoms with van der Waals surface area (Å²) in [6.07, 6.45) is -2.36. The minimum atomic E-state index is -4.49. The van der Waals surface area contributed by atoms with Gasteiger partial charge in [0.05, 0.1) is 52.6 Å². The van der Waals surface area contributed by atoms with Crippen LogP contribution in [-0.2, 0) is 24.5 Å². The third-order valence-corrected chi connectivity index (χ3v) is 6.39. The number of ether oxygens (including phenoxy) is 1. The first-order chi connectivity index (χ1) is 17.5. The summed E-state index contributed by atoms with van der Waals surface area (Å²) in [7, 11) is 1.79. The van der Waals surface area contributed by atoms with Crippen molar-refractivity contribution in [2.45, 2.75) is 38.8 Å². The summed E-state index contributed by atoms with van der Waals surface area (Å²) < 4.78 is 46.6. The number of anilines is 1. The number of rotatable bonds is 4. The second kappa shape index (κ2) is 9.27. The first-order valence-corrected chi connectivity index (χ1v) is 11.8. The molecule has 37 heavy (non-hydrogen) atoms. The van der Waals surface area contributed by atoms with Gasteiger partial charge in [-0.15, -0.1) is 0 Å². The van der Waals surface area contributed by atoms with Crippen LogP contribution < -0.4 is 5.73 Å². The van der Waals surface area contributed by atoms with E-state index >= 15 is 0 Å². The number of hydrogen-bond acceptors (Lipinski definition) is 7. The Morgan fingerprint density at radius 2 is 1.86 bits per heavy atom. The lowest BCUT2D eigenvalue weighted by molar-refractivity contribution is -0.138. The van der Waals surface area contributed by atoms with E-state index in [4.69, 9.17) is 10.5 Å². The molecule has 0 radical (unpaired) electrons. The fourth-order valence-electron chi connectivity index (χ4n) is 4.73. The van der Waals surface area contributed by atoms with E-state index in [1.807, 2.05) is 18.9 Å². The highest BCUT2D eigenvalue weighted by atomic mass is 19.4. The molecule has 3 aromatic heterocycles. The number of amides is 1. The summed E-state index contributed by atoms with van der Waals surface area (Å²) >= 11 is 0. The number of pyridine rings is 2. The molecule has 0 unspecified atom stereocenters. The van der Waals surface area contributed by atoms with Crippen LogP contribution in [0, 0.1) is 0 Å². The van der Waals surface area contributed by atoms with Gasteiger partial charge in [0.25, 0.3) is 5.91 Å². The largest absolute Gasteiger partial charge is 0.417 e. The zero-order valence-electron chi connectivity index (χ0n) is 20.5. The number of carbonyl (C=O) groups is 1. The highest BCUT2D eigenvalue weighted by Gasteiger charge is 2.33. The van der Waals surface area contributed by atoms with Crippen molar-refractivity contribution in [2.75, 3.05) is 18.8 Å². The Kier molecular flexibility index (Phi) is 6.24. The number of nitrogens with zero attached hydrogens (tertiary/aromatic N) is 6. The number of carbonyl (C=O) groups excluding carboxylic acids is 1. The van der Waals surface area contributed by atoms with Gasteiger partial charge in [0.2, 0.25) is 0 Å². The lowest BCUT2D eigenvalue weighted by atomic mass is 10.1. The van der Waals surface area contributed by atoms with Crippen molar-refractivity contribution in [3.8, 4) is 0 Å². The molecular weight excluding hydrogens is 487 g/mol. The van der Waals surface area contributed by atoms with Gasteiger partial charge in [0, 0.05) is 37.3 Å². The normalized spacial score (nSPS) is 19.0. The topological polar surface area (TPSA) is 102 Å². The van der Waals surface area contributed by atoms with Crippen LogP contribution in [0.2, 0.25) is 0 Å². The number of aryl methyl sites for hydroxylation is 1. The van der Waals surface area contributed by atoms with Gasteiger partial charge >= 0.3 is 6.18 Å². The molecule has 0 bridgehead atoms. The van der Waals surface area contributed by atoms with Crippen molar-refractivity contribution in [3.05, 3.63) is 59.5 Å². The lowest BCUT2D eigenvalue weighted by Gasteiger charge is -2.42. The molecule has 1 amide bonds. The maximum atomic E-state index is 13.9. The average Bonchev–Trinajstić information content (AvgIpc) is 3.23. The highest BCUT2D eigenvalue weighted by Crippen LogP contribution is 2.30. The van der Waals surface area contributed by atoms with Crippen molar-refractivity contribution in [3.63, 3.8) is 0 Å². The molecule has 1 fully saturated rings. The minimum absolute atomic E-state index is 0.00441. The zero-order valence-corrected chi connectivity index (χ0v) is 20.5. The average molecular weight is 514 g/mol. The van der Waals surface area contributed by atoms with Crippen LogP contribution in [0.25, 0.3) is 21.8 Å². The molecule has 194 valence electrons. The van der Waals surface area contributed by atoms with Crippen molar-refractivity contribution in [1.82, 2.24) is 29.8 Å². The van der Waals surface area contributed by atoms with Gasteiger partial charge in [0.1, 0.15) is 5.82 Å². The number of nitrogens with two attached hydrogens (primary N) is 1. The first kappa shape index (κ1) is 24.9. The van der Waals surface area contributed by atoms with Crippen LogP contribution in [0.5, 0.6) is 0 Å². The van der Waals surface area contributed by atoms with Gasteiger partial charge in [-0.25, -0.2) is 9.99 Å². The number of hydrazine groups is 1. The molecule has 2 N–H and O–H groups in total. The maximum Gasteiger partial charge on any atom is 0.417 e. The van der Waals surface area contributed by atoms with Gasteiger partial charge < -0.3 is 10.5 Å². The molecule has 4 aromatic rings. The Labute approximate surface area is 210 Å². The monoisotopic (exact) mass is 513 g/mol. The molecule has 1 aromatic carbocycles. The van der Waals surface area contributed by atoms with E-state index < -0.39 is 11.7 Å². The van der Waals surface area contributed by atoms with Crippen molar-refractivity contribution in [1.29, 1.82) is 0 Å². The van der Waals surface area contributed by atoms with Crippen LogP contribution in [0.4, 0.5) is 19.0 Å². The molecule has 2 atom stereocenters. The number of fused-ring (bicyclic) bond motifs is 3. The van der Waals surface area contributed by atoms with Crippen LogP contribution in [0.3, 0.4) is 0 Å². The Bertz CT molecular complexity index is 1460. The van der Waals surface area contributed by atoms with Gasteiger partial charge in [-0.05, 0) is 44.2 Å². The molecule has 0 saturated carbocycles. The standard InChI is InChI=1S/C25H26F3N7O2/c1-14-11-34(12-15(2)37-14)35(13-18-6-5-17(9-30-18)25(26,27)28)24(36)16-4-7-21-19(8-16)22-20(23(29)32-21)10-31-33(22)3/h4-10,14-15H,11-13H2,1-3H3,(H2,29,32)/t14-,15+. The second-order valence-electron chi connectivity index (χ2n) is 9.29. The predicted molar refractivity (Wildman–Crippen MR) is 131 cm³/mol. The number of aromatic nitrogens is 4. The summed E-state index contributed by atoms with van der Waals surface area (Å²) in [6, 6.07) is 7.41. The van der Waals surface area contributed by atoms with E-state index in [0.717, 1.165) is 17.8 Å². The Balaban J connectivity index is 1.54. The second-order valence-corrected chi connectivity index (χ2v) is 9.29. The van der Waals surface area contributed by atoms with Crippen molar-refractivity contribution >= 4 is 33.5 Å². The van der Waals surface area contributed by atoms with Gasteiger partial charge in [0.15, 0.2) is 0 Å². The number of alkyl halides is 3. The summed E-state index contributed by atoms with van der Waals surface area (Å²) in [6.45, 7) is 4.69. The Hall–Kier alpha value is -3.77. The fraction of sp³-hybridized carbons (Fsp3) is 0.360. The first-order valence-electron chi connectivity index (χ1n) is 11.8. The third kappa shape index (κ3) is 4.81. The van der Waals surface area contributed by atoms with E-state index in [9.17, 15) is 18.0 Å². The summed E-state index contributed by atoms with van der Waals surface area (Å²) in [4.78, 5) is 22.4. The molecule has 0 spiro atoms. The summed E-state index contributed by atoms with van der Waals surface area (Å²) in [5.41, 5.74) is 7.34. The quantitative estimate of drug-likeness (QED) is 0.443. The van der Waals surface area contributed by atoms with E-state index in [-0.39, 0.29) is 24.7 Å². The van der Waals surface area contributed by atoms with Crippen LogP contribution >= 0.6 is 0 Å². The third-order valence-electron chi connectivity index (χ3n) is 6.39. The van der Waals surface area contributed by atoms with Gasteiger partial charge in [-0.2, -0.15) is 18.3 Å². The van der Waals surface area contributed by atoms with Crippen LogP contribution in [0.15, 0.2) is 42.7 Å². The van der Waals surface area contributed by atoms with Crippen molar-refractivity contribution in [2.24, 2.45) is 7.05 Å². The summed E-state index contributed by atoms with van der Waals surface area (Å²) in [5.74, 6) is 0.0259. The predicted octanol–water partition coefficient (Wildman–Crippen LogP) is 3.78. The molecule has 5 rings (SSSR count). The Morgan fingerprint density at radius 3 is 2.51 bits per heavy atom. The van der Waals surface area contributed by atoms with E-state index in [0.29, 0.717) is 46.5 Å². The van der Waals surface area contributed by atoms with E-state index in [2.05, 4.69) is 15.1 Å². The number of benzene rings is 1. The molecule has 9 nitrogen and oxygen atoms in total. The molecule has 0 aliphatic carbocycles. The maximum absolute atomic E-state index is 13.9. The number of hydrogen-bond donors (Lipinski definition) is 1. The van der Waals surface area contributed by atoms with E-state index in [1.54, 1.807) is 36.1 Å². The van der Waals surface area contributed by atoms with Crippen LogP contribution in [-0.4, -0.2) is 61.0 Å².